The molecule has 6 nitrogen and oxygen atoms in total. The molecule has 4 rings (SSSR count). The van der Waals surface area contributed by atoms with E-state index in [1.807, 2.05) is 42.8 Å². The topological polar surface area (TPSA) is 66.0 Å². The number of ether oxygens (including phenoxy) is 1. The van der Waals surface area contributed by atoms with Gasteiger partial charge < -0.3 is 9.26 Å². The third kappa shape index (κ3) is 2.66. The van der Waals surface area contributed by atoms with Crippen molar-refractivity contribution in [3.8, 4) is 11.6 Å². The Morgan fingerprint density at radius 3 is 2.78 bits per heavy atom. The van der Waals surface area contributed by atoms with Crippen LogP contribution in [0.15, 0.2) is 40.9 Å². The highest BCUT2D eigenvalue weighted by atomic mass is 16.5. The lowest BCUT2D eigenvalue weighted by Crippen LogP contribution is -2.21. The van der Waals surface area contributed by atoms with E-state index in [0.717, 1.165) is 11.3 Å². The Morgan fingerprint density at radius 2 is 2.04 bits per heavy atom. The molecular weight excluding hydrogens is 292 g/mol. The first-order valence-electron chi connectivity index (χ1n) is 7.78. The van der Waals surface area contributed by atoms with Crippen molar-refractivity contribution in [2.45, 2.75) is 39.0 Å². The predicted molar refractivity (Wildman–Crippen MR) is 83.6 cm³/mol. The third-order valence-electron chi connectivity index (χ3n) is 3.98. The highest BCUT2D eigenvalue weighted by Crippen LogP contribution is 2.28. The Labute approximate surface area is 134 Å². The summed E-state index contributed by atoms with van der Waals surface area (Å²) < 4.78 is 13.2. The first kappa shape index (κ1) is 14.1. The van der Waals surface area contributed by atoms with E-state index in [9.17, 15) is 0 Å². The van der Waals surface area contributed by atoms with E-state index in [1.54, 1.807) is 0 Å². The quantitative estimate of drug-likeness (QED) is 0.742. The van der Waals surface area contributed by atoms with Crippen LogP contribution in [0.2, 0.25) is 0 Å². The zero-order valence-electron chi connectivity index (χ0n) is 13.1. The monoisotopic (exact) mass is 310 g/mol. The SMILES string of the molecule is CC(C)c1noc(-c2cc3n(n2)C[C@@H](c2ccccc2)OC3)n1. The molecular formula is C17H18N4O2. The second kappa shape index (κ2) is 5.62. The summed E-state index contributed by atoms with van der Waals surface area (Å²) in [6, 6.07) is 12.2. The molecule has 3 aromatic rings. The van der Waals surface area contributed by atoms with Crippen LogP contribution in [-0.2, 0) is 17.9 Å². The van der Waals surface area contributed by atoms with E-state index in [0.29, 0.717) is 30.6 Å². The molecule has 1 aliphatic rings. The summed E-state index contributed by atoms with van der Waals surface area (Å²) in [5, 5.41) is 8.60. The number of hydrogen-bond donors (Lipinski definition) is 0. The molecule has 1 atom stereocenters. The van der Waals surface area contributed by atoms with Crippen molar-refractivity contribution >= 4 is 0 Å². The van der Waals surface area contributed by atoms with Crippen LogP contribution < -0.4 is 0 Å². The minimum absolute atomic E-state index is 0.0189. The molecule has 0 fully saturated rings. The minimum Gasteiger partial charge on any atom is -0.365 e. The summed E-state index contributed by atoms with van der Waals surface area (Å²) in [6.07, 6.45) is 0.0189. The van der Waals surface area contributed by atoms with Crippen LogP contribution in [0.25, 0.3) is 11.6 Å². The normalized spacial score (nSPS) is 17.4. The van der Waals surface area contributed by atoms with Crippen molar-refractivity contribution in [3.05, 3.63) is 53.5 Å². The van der Waals surface area contributed by atoms with E-state index >= 15 is 0 Å². The zero-order chi connectivity index (χ0) is 15.8. The summed E-state index contributed by atoms with van der Waals surface area (Å²) in [4.78, 5) is 4.41. The van der Waals surface area contributed by atoms with Crippen LogP contribution in [0.1, 0.15) is 43.0 Å². The van der Waals surface area contributed by atoms with Crippen LogP contribution in [-0.4, -0.2) is 19.9 Å². The lowest BCUT2D eigenvalue weighted by atomic mass is 10.1. The molecule has 0 radical (unpaired) electrons. The number of hydrogen-bond acceptors (Lipinski definition) is 5. The molecule has 0 saturated heterocycles. The van der Waals surface area contributed by atoms with Crippen molar-refractivity contribution in [3.63, 3.8) is 0 Å². The highest BCUT2D eigenvalue weighted by molar-refractivity contribution is 5.47. The van der Waals surface area contributed by atoms with Gasteiger partial charge in [-0.25, -0.2) is 0 Å². The number of fused-ring (bicyclic) bond motifs is 1. The minimum atomic E-state index is 0.0189. The zero-order valence-corrected chi connectivity index (χ0v) is 13.1. The molecule has 3 heterocycles. The number of benzene rings is 1. The van der Waals surface area contributed by atoms with Gasteiger partial charge in [-0.05, 0) is 11.6 Å². The van der Waals surface area contributed by atoms with Gasteiger partial charge in [0.2, 0.25) is 0 Å². The lowest BCUT2D eigenvalue weighted by Gasteiger charge is -2.24. The third-order valence-corrected chi connectivity index (χ3v) is 3.98. The fourth-order valence-corrected chi connectivity index (χ4v) is 2.67. The maximum atomic E-state index is 5.96. The average Bonchev–Trinajstić information content (AvgIpc) is 3.21. The maximum Gasteiger partial charge on any atom is 0.278 e. The van der Waals surface area contributed by atoms with Gasteiger partial charge in [-0.3, -0.25) is 4.68 Å². The molecule has 0 bridgehead atoms. The van der Waals surface area contributed by atoms with Gasteiger partial charge in [0.1, 0.15) is 6.10 Å². The molecule has 1 aromatic carbocycles. The smallest absolute Gasteiger partial charge is 0.278 e. The van der Waals surface area contributed by atoms with Gasteiger partial charge in [-0.1, -0.05) is 49.3 Å². The van der Waals surface area contributed by atoms with Crippen molar-refractivity contribution in [1.29, 1.82) is 0 Å². The Hall–Kier alpha value is -2.47. The first-order valence-corrected chi connectivity index (χ1v) is 7.78. The summed E-state index contributed by atoms with van der Waals surface area (Å²) in [7, 11) is 0. The van der Waals surface area contributed by atoms with Crippen LogP contribution in [0.5, 0.6) is 0 Å². The Morgan fingerprint density at radius 1 is 1.22 bits per heavy atom. The van der Waals surface area contributed by atoms with Crippen LogP contribution in [0, 0.1) is 0 Å². The molecule has 2 aromatic heterocycles. The van der Waals surface area contributed by atoms with Crippen molar-refractivity contribution in [2.75, 3.05) is 0 Å². The number of nitrogens with zero attached hydrogens (tertiary/aromatic N) is 4. The predicted octanol–water partition coefficient (Wildman–Crippen LogP) is 3.33. The van der Waals surface area contributed by atoms with Gasteiger partial charge in [0.05, 0.1) is 18.8 Å². The fraction of sp³-hybridized carbons (Fsp3) is 0.353. The molecule has 0 unspecified atom stereocenters. The van der Waals surface area contributed by atoms with Crippen molar-refractivity contribution < 1.29 is 9.26 Å². The first-order chi connectivity index (χ1) is 11.2. The summed E-state index contributed by atoms with van der Waals surface area (Å²) in [5.41, 5.74) is 2.89. The molecule has 118 valence electrons. The standard InChI is InChI=1S/C17H18N4O2/c1-11(2)16-18-17(23-20-16)14-8-13-10-22-15(9-21(13)19-14)12-6-4-3-5-7-12/h3-8,11,15H,9-10H2,1-2H3/t15-/m0/s1. The summed E-state index contributed by atoms with van der Waals surface area (Å²) in [6.45, 7) is 5.28. The second-order valence-electron chi connectivity index (χ2n) is 6.03. The lowest BCUT2D eigenvalue weighted by molar-refractivity contribution is -0.00113. The van der Waals surface area contributed by atoms with Gasteiger partial charge in [0, 0.05) is 5.92 Å². The second-order valence-corrected chi connectivity index (χ2v) is 6.03. The molecule has 0 amide bonds. The van der Waals surface area contributed by atoms with Crippen LogP contribution in [0.3, 0.4) is 0 Å². The van der Waals surface area contributed by atoms with Crippen molar-refractivity contribution in [2.24, 2.45) is 0 Å². The van der Waals surface area contributed by atoms with E-state index in [2.05, 4.69) is 27.4 Å². The average molecular weight is 310 g/mol. The van der Waals surface area contributed by atoms with Gasteiger partial charge in [0.15, 0.2) is 11.5 Å². The van der Waals surface area contributed by atoms with Crippen LogP contribution >= 0.6 is 0 Å². The summed E-state index contributed by atoms with van der Waals surface area (Å²) in [5.74, 6) is 1.40. The van der Waals surface area contributed by atoms with E-state index in [1.165, 1.54) is 0 Å². The molecule has 0 spiro atoms. The maximum absolute atomic E-state index is 5.96. The molecule has 0 saturated carbocycles. The molecule has 1 aliphatic heterocycles. The Bertz CT molecular complexity index is 807. The van der Waals surface area contributed by atoms with Gasteiger partial charge in [-0.15, -0.1) is 0 Å². The number of aromatic nitrogens is 4. The molecule has 6 heteroatoms. The van der Waals surface area contributed by atoms with E-state index < -0.39 is 0 Å². The van der Waals surface area contributed by atoms with Gasteiger partial charge >= 0.3 is 0 Å². The molecule has 23 heavy (non-hydrogen) atoms. The number of rotatable bonds is 3. The summed E-state index contributed by atoms with van der Waals surface area (Å²) >= 11 is 0. The highest BCUT2D eigenvalue weighted by Gasteiger charge is 2.24. The van der Waals surface area contributed by atoms with Gasteiger partial charge in [0.25, 0.3) is 5.89 Å². The molecule has 0 aliphatic carbocycles. The largest absolute Gasteiger partial charge is 0.365 e. The van der Waals surface area contributed by atoms with Gasteiger partial charge in [-0.2, -0.15) is 10.1 Å². The van der Waals surface area contributed by atoms with Crippen LogP contribution in [0.4, 0.5) is 0 Å². The molecule has 0 N–H and O–H groups in total. The Kier molecular flexibility index (Phi) is 3.46. The fourth-order valence-electron chi connectivity index (χ4n) is 2.67. The van der Waals surface area contributed by atoms with E-state index in [-0.39, 0.29) is 12.0 Å². The van der Waals surface area contributed by atoms with Crippen molar-refractivity contribution in [1.82, 2.24) is 19.9 Å². The Balaban J connectivity index is 1.60. The van der Waals surface area contributed by atoms with E-state index in [4.69, 9.17) is 9.26 Å².